The van der Waals surface area contributed by atoms with E-state index in [9.17, 15) is 76.5 Å². The molecule has 0 aliphatic carbocycles. The Morgan fingerprint density at radius 3 is 1.51 bits per heavy atom. The van der Waals surface area contributed by atoms with E-state index < -0.39 is 180 Å². The zero-order valence-corrected chi connectivity index (χ0v) is 52.8. The second-order valence-corrected chi connectivity index (χ2v) is 24.7. The minimum Gasteiger partial charge on any atom is -0.394 e. The molecular formula is C58H101N13O16S. The van der Waals surface area contributed by atoms with Gasteiger partial charge in [0.1, 0.15) is 48.3 Å². The molecular weight excluding hydrogens is 1170 g/mol. The van der Waals surface area contributed by atoms with Crippen LogP contribution in [0.15, 0.2) is 30.3 Å². The van der Waals surface area contributed by atoms with Crippen molar-refractivity contribution in [3.63, 3.8) is 0 Å². The van der Waals surface area contributed by atoms with Crippen molar-refractivity contribution in [3.8, 4) is 0 Å². The van der Waals surface area contributed by atoms with Gasteiger partial charge in [0, 0.05) is 19.0 Å². The van der Waals surface area contributed by atoms with Crippen molar-refractivity contribution in [2.45, 2.75) is 211 Å². The van der Waals surface area contributed by atoms with E-state index in [1.165, 1.54) is 45.4 Å². The first-order valence-corrected chi connectivity index (χ1v) is 32.0. The van der Waals surface area contributed by atoms with Crippen LogP contribution in [0.4, 0.5) is 0 Å². The van der Waals surface area contributed by atoms with Gasteiger partial charge in [-0.2, -0.15) is 4.31 Å². The molecule has 0 heterocycles. The van der Waals surface area contributed by atoms with Gasteiger partial charge in [-0.3, -0.25) is 52.7 Å². The maximum absolute atomic E-state index is 14.6. The normalized spacial score (nSPS) is 14.9. The molecule has 0 aromatic heterocycles. The number of rotatable bonds is 48. The Hall–Kier alpha value is -6.86. The van der Waals surface area contributed by atoms with Crippen molar-refractivity contribution < 1.29 is 76.5 Å². The number of amides is 11. The number of carbonyl (C=O) groups is 11. The monoisotopic (exact) mass is 1270 g/mol. The summed E-state index contributed by atoms with van der Waals surface area (Å²) in [5, 5.41) is 48.7. The fourth-order valence-corrected chi connectivity index (χ4v) is 11.2. The van der Waals surface area contributed by atoms with Crippen LogP contribution in [-0.2, 0) is 69.2 Å². The lowest BCUT2D eigenvalue weighted by Crippen LogP contribution is -2.60. The summed E-state index contributed by atoms with van der Waals surface area (Å²) in [7, 11) is -4.55. The predicted molar refractivity (Wildman–Crippen MR) is 327 cm³/mol. The van der Waals surface area contributed by atoms with E-state index in [2.05, 4.69) is 49.5 Å². The van der Waals surface area contributed by atoms with E-state index in [0.717, 1.165) is 36.4 Å². The van der Waals surface area contributed by atoms with Crippen LogP contribution in [-0.4, -0.2) is 186 Å². The molecule has 0 aliphatic heterocycles. The van der Waals surface area contributed by atoms with E-state index in [4.69, 9.17) is 22.9 Å². The Bertz CT molecular complexity index is 2500. The predicted octanol–water partition coefficient (Wildman–Crippen LogP) is -2.52. The Labute approximate surface area is 517 Å². The van der Waals surface area contributed by atoms with E-state index in [1.807, 2.05) is 0 Å². The fraction of sp³-hybridized carbons (Fsp3) is 0.707. The lowest BCUT2D eigenvalue weighted by Gasteiger charge is -2.32. The van der Waals surface area contributed by atoms with Crippen molar-refractivity contribution in [1.29, 1.82) is 0 Å². The van der Waals surface area contributed by atoms with Crippen LogP contribution in [0.5, 0.6) is 0 Å². The Kier molecular flexibility index (Phi) is 38.6. The molecule has 1 aromatic carbocycles. The highest BCUT2D eigenvalue weighted by molar-refractivity contribution is 7.89. The van der Waals surface area contributed by atoms with Gasteiger partial charge in [0.15, 0.2) is 0 Å². The molecule has 0 saturated heterocycles. The van der Waals surface area contributed by atoms with Crippen molar-refractivity contribution in [3.05, 3.63) is 35.9 Å². The zero-order valence-electron chi connectivity index (χ0n) is 52.0. The number of hydrogen-bond donors (Lipinski definition) is 15. The first kappa shape index (κ1) is 79.2. The van der Waals surface area contributed by atoms with E-state index >= 15 is 0 Å². The summed E-state index contributed by atoms with van der Waals surface area (Å²) in [6, 6.07) is -5.41. The molecule has 29 nitrogen and oxygen atoms in total. The van der Waals surface area contributed by atoms with Crippen molar-refractivity contribution in [2.75, 3.05) is 38.7 Å². The molecule has 30 heteroatoms. The summed E-state index contributed by atoms with van der Waals surface area (Å²) in [6.07, 6.45) is 11.7. The number of nitrogens with one attached hydrogen (secondary N) is 8. The molecule has 0 unspecified atom stereocenters. The zero-order chi connectivity index (χ0) is 66.5. The van der Waals surface area contributed by atoms with Gasteiger partial charge in [-0.05, 0) is 37.2 Å². The summed E-state index contributed by atoms with van der Waals surface area (Å²) in [4.78, 5) is 144. The van der Waals surface area contributed by atoms with Crippen LogP contribution in [0, 0.1) is 11.8 Å². The maximum atomic E-state index is 14.6. The number of hydrogen-bond acceptors (Lipinski definition) is 17. The molecule has 500 valence electrons. The number of unbranched alkanes of at least 4 members (excludes halogenated alkanes) is 12. The summed E-state index contributed by atoms with van der Waals surface area (Å²) in [5.74, 6) is -12.7. The highest BCUT2D eigenvalue weighted by Gasteiger charge is 2.39. The van der Waals surface area contributed by atoms with Crippen LogP contribution in [0.25, 0.3) is 0 Å². The summed E-state index contributed by atoms with van der Waals surface area (Å²) >= 11 is 0. The quantitative estimate of drug-likeness (QED) is 0.0300. The van der Waals surface area contributed by atoms with Crippen LogP contribution in [0.1, 0.15) is 156 Å². The minimum absolute atomic E-state index is 0.101. The number of aliphatic hydroxyl groups excluding tert-OH is 3. The Morgan fingerprint density at radius 2 is 1.05 bits per heavy atom. The molecule has 0 spiro atoms. The number of nitrogens with two attached hydrogens (primary N) is 4. The van der Waals surface area contributed by atoms with E-state index in [-0.39, 0.29) is 25.3 Å². The minimum atomic E-state index is -4.55. The number of benzene rings is 1. The second-order valence-electron chi connectivity index (χ2n) is 22.7. The third kappa shape index (κ3) is 31.4. The SMILES string of the molecule is CCCCCCCCCCCCCCCN([C@@H](CO)C(=O)N[C@@H](CO)C(N)=O)S(=O)(=O)C[C@H](CC(C)C)NC(=O)[C@@H](NC(=O)[C@H](C)NC(=O)CNC(=O)[C@H](Cc1ccccc1)NC(=O)[C@H](CC(N)=O)NC(=O)[C@H](CC(N)=O)NC(=O)[C@@H](N)CO)[C@@H](C)CC. The molecule has 0 fully saturated rings. The average molecular weight is 1270 g/mol. The van der Waals surface area contributed by atoms with Crippen LogP contribution in [0.2, 0.25) is 0 Å². The highest BCUT2D eigenvalue weighted by Crippen LogP contribution is 2.19. The summed E-state index contributed by atoms with van der Waals surface area (Å²) < 4.78 is 30.0. The van der Waals surface area contributed by atoms with Crippen molar-refractivity contribution in [1.82, 2.24) is 46.8 Å². The van der Waals surface area contributed by atoms with E-state index in [1.54, 1.807) is 58.0 Å². The number of aliphatic hydroxyl groups is 3. The average Bonchev–Trinajstić information content (AvgIpc) is 3.57. The van der Waals surface area contributed by atoms with Crippen molar-refractivity contribution >= 4 is 75.0 Å². The van der Waals surface area contributed by atoms with Crippen LogP contribution in [0.3, 0.4) is 0 Å². The molecule has 0 radical (unpaired) electrons. The van der Waals surface area contributed by atoms with Gasteiger partial charge in [-0.15, -0.1) is 0 Å². The standard InChI is InChI=1S/C58H101N13O16S/c1-7-9-10-11-12-13-14-15-16-17-18-19-23-26-71(46(34-74)57(84)69-45(33-73)51(62)78)88(86,87)35-40(27-36(3)4)65-58(85)50(37(5)8-2)70-52(79)38(6)64-49(77)31-63-54(81)42(28-39-24-21-20-22-25-39)67-56(83)44(30-48(61)76)68-55(82)43(29-47(60)75)66-53(80)41(59)32-72/h20-22,24-25,36-38,40-46,50,72-74H,7-19,23,26-35,59H2,1-6H3,(H2,60,75)(H2,61,76)(H2,62,78)(H,63,81)(H,64,77)(H,65,85)(H,66,80)(H,67,83)(H,68,82)(H,69,84)(H,70,79)/t37-,38-,40-,41-,42-,43-,44-,45-,46-,50-/m0/s1. The van der Waals surface area contributed by atoms with Crippen molar-refractivity contribution in [2.24, 2.45) is 34.8 Å². The van der Waals surface area contributed by atoms with Gasteiger partial charge in [-0.1, -0.05) is 148 Å². The lowest BCUT2D eigenvalue weighted by atomic mass is 9.97. The largest absolute Gasteiger partial charge is 0.394 e. The topological polar surface area (TPSA) is 486 Å². The number of nitrogens with zero attached hydrogens (tertiary/aromatic N) is 1. The Balaban J connectivity index is 3.31. The molecule has 1 rings (SSSR count). The highest BCUT2D eigenvalue weighted by atomic mass is 32.2. The van der Waals surface area contributed by atoms with Gasteiger partial charge in [0.2, 0.25) is 75.0 Å². The van der Waals surface area contributed by atoms with Crippen LogP contribution < -0.4 is 65.5 Å². The summed E-state index contributed by atoms with van der Waals surface area (Å²) in [5.41, 5.74) is 22.0. The van der Waals surface area contributed by atoms with Crippen LogP contribution >= 0.6 is 0 Å². The third-order valence-electron chi connectivity index (χ3n) is 14.5. The van der Waals surface area contributed by atoms with Gasteiger partial charge < -0.3 is 80.8 Å². The number of primary amides is 3. The molecule has 10 atom stereocenters. The molecule has 1 aromatic rings. The van der Waals surface area contributed by atoms with Gasteiger partial charge in [0.25, 0.3) is 0 Å². The first-order valence-electron chi connectivity index (χ1n) is 30.4. The molecule has 0 bridgehead atoms. The number of sulfonamides is 1. The second kappa shape index (κ2) is 42.9. The van der Waals surface area contributed by atoms with Gasteiger partial charge >= 0.3 is 0 Å². The molecule has 0 aliphatic rings. The molecule has 88 heavy (non-hydrogen) atoms. The van der Waals surface area contributed by atoms with Gasteiger partial charge in [-0.25, -0.2) is 8.42 Å². The maximum Gasteiger partial charge on any atom is 0.243 e. The third-order valence-corrected chi connectivity index (χ3v) is 16.5. The lowest BCUT2D eigenvalue weighted by molar-refractivity contribution is -0.136. The molecule has 0 saturated carbocycles. The van der Waals surface area contributed by atoms with E-state index in [0.29, 0.717) is 24.8 Å². The molecule has 19 N–H and O–H groups in total. The summed E-state index contributed by atoms with van der Waals surface area (Å²) in [6.45, 7) is 6.78. The molecule has 11 amide bonds. The first-order chi connectivity index (χ1) is 41.5. The smallest absolute Gasteiger partial charge is 0.243 e. The fourth-order valence-electron chi connectivity index (χ4n) is 9.35. The Morgan fingerprint density at radius 1 is 0.545 bits per heavy atom. The number of carbonyl (C=O) groups excluding carboxylic acids is 11. The van der Waals surface area contributed by atoms with Gasteiger partial charge in [0.05, 0.1) is 45.0 Å².